The average Bonchev–Trinajstić information content (AvgIpc) is 3.10. The lowest BCUT2D eigenvalue weighted by Gasteiger charge is -2.39. The van der Waals surface area contributed by atoms with Crippen LogP contribution in [0.25, 0.3) is 0 Å². The SMILES string of the molecule is Cc1c(C(=O)N2CCSC(C)C2c2ccccc2)nnn1C1CCNCC1.Cl. The largest absolute Gasteiger partial charge is 0.328 e. The molecule has 8 heteroatoms. The normalized spacial score (nSPS) is 23.3. The number of aromatic nitrogens is 3. The maximum Gasteiger partial charge on any atom is 0.276 e. The van der Waals surface area contributed by atoms with Crippen LogP contribution >= 0.6 is 24.2 Å². The Hall–Kier alpha value is -1.57. The van der Waals surface area contributed by atoms with Crippen LogP contribution in [-0.4, -0.2) is 56.4 Å². The Morgan fingerprint density at radius 3 is 2.64 bits per heavy atom. The molecule has 0 saturated carbocycles. The molecule has 6 nitrogen and oxygen atoms in total. The van der Waals surface area contributed by atoms with Crippen molar-refractivity contribution in [1.82, 2.24) is 25.2 Å². The minimum atomic E-state index is 0. The van der Waals surface area contributed by atoms with E-state index in [2.05, 4.69) is 34.7 Å². The van der Waals surface area contributed by atoms with Crippen LogP contribution in [0.15, 0.2) is 30.3 Å². The molecule has 4 rings (SSSR count). The van der Waals surface area contributed by atoms with Gasteiger partial charge in [0.2, 0.25) is 0 Å². The number of nitrogens with one attached hydrogen (secondary N) is 1. The fourth-order valence-electron chi connectivity index (χ4n) is 4.22. The van der Waals surface area contributed by atoms with Crippen LogP contribution in [0.3, 0.4) is 0 Å². The Balaban J connectivity index is 0.00000225. The Morgan fingerprint density at radius 1 is 1.21 bits per heavy atom. The summed E-state index contributed by atoms with van der Waals surface area (Å²) in [4.78, 5) is 15.4. The van der Waals surface area contributed by atoms with Gasteiger partial charge < -0.3 is 10.2 Å². The Bertz CT molecular complexity index is 793. The summed E-state index contributed by atoms with van der Waals surface area (Å²) >= 11 is 1.93. The third kappa shape index (κ3) is 4.07. The van der Waals surface area contributed by atoms with Crippen molar-refractivity contribution in [2.75, 3.05) is 25.4 Å². The van der Waals surface area contributed by atoms with E-state index < -0.39 is 0 Å². The molecule has 1 aromatic carbocycles. The van der Waals surface area contributed by atoms with Gasteiger partial charge in [-0.3, -0.25) is 4.79 Å². The molecule has 2 aromatic rings. The van der Waals surface area contributed by atoms with Crippen molar-refractivity contribution in [2.45, 2.75) is 44.0 Å². The van der Waals surface area contributed by atoms with Gasteiger partial charge in [0.25, 0.3) is 5.91 Å². The molecule has 0 spiro atoms. The Morgan fingerprint density at radius 2 is 1.93 bits per heavy atom. The van der Waals surface area contributed by atoms with Gasteiger partial charge in [0, 0.05) is 17.5 Å². The molecule has 0 aliphatic carbocycles. The van der Waals surface area contributed by atoms with Gasteiger partial charge in [-0.25, -0.2) is 4.68 Å². The van der Waals surface area contributed by atoms with Crippen molar-refractivity contribution in [3.63, 3.8) is 0 Å². The van der Waals surface area contributed by atoms with Gasteiger partial charge in [-0.1, -0.05) is 42.5 Å². The molecule has 152 valence electrons. The van der Waals surface area contributed by atoms with Gasteiger partial charge in [0.05, 0.1) is 17.8 Å². The van der Waals surface area contributed by atoms with Crippen molar-refractivity contribution in [1.29, 1.82) is 0 Å². The third-order valence-corrected chi connectivity index (χ3v) is 6.88. The predicted octanol–water partition coefficient (Wildman–Crippen LogP) is 3.25. The predicted molar refractivity (Wildman–Crippen MR) is 115 cm³/mol. The van der Waals surface area contributed by atoms with E-state index in [1.54, 1.807) is 0 Å². The summed E-state index contributed by atoms with van der Waals surface area (Å²) < 4.78 is 1.97. The zero-order valence-electron chi connectivity index (χ0n) is 16.4. The molecular formula is C20H28ClN5OS. The molecule has 2 atom stereocenters. The number of nitrogens with zero attached hydrogens (tertiary/aromatic N) is 4. The zero-order chi connectivity index (χ0) is 18.8. The number of hydrogen-bond acceptors (Lipinski definition) is 5. The van der Waals surface area contributed by atoms with Crippen molar-refractivity contribution < 1.29 is 4.79 Å². The van der Waals surface area contributed by atoms with Crippen LogP contribution in [-0.2, 0) is 0 Å². The lowest BCUT2D eigenvalue weighted by Crippen LogP contribution is -2.44. The van der Waals surface area contributed by atoms with Crippen molar-refractivity contribution in [3.8, 4) is 0 Å². The molecule has 2 aliphatic rings. The van der Waals surface area contributed by atoms with Crippen LogP contribution in [0.1, 0.15) is 53.6 Å². The van der Waals surface area contributed by atoms with Gasteiger partial charge in [-0.05, 0) is 38.4 Å². The first-order chi connectivity index (χ1) is 13.2. The number of thioether (sulfide) groups is 1. The fraction of sp³-hybridized carbons (Fsp3) is 0.550. The molecule has 2 saturated heterocycles. The monoisotopic (exact) mass is 421 g/mol. The summed E-state index contributed by atoms with van der Waals surface area (Å²) in [6.07, 6.45) is 2.06. The second-order valence-corrected chi connectivity index (χ2v) is 8.86. The van der Waals surface area contributed by atoms with Gasteiger partial charge in [-0.2, -0.15) is 11.8 Å². The van der Waals surface area contributed by atoms with Crippen molar-refractivity contribution in [2.24, 2.45) is 0 Å². The molecule has 0 bridgehead atoms. The third-order valence-electron chi connectivity index (χ3n) is 5.68. The highest BCUT2D eigenvalue weighted by molar-refractivity contribution is 8.00. The first-order valence-electron chi connectivity index (χ1n) is 9.77. The molecule has 2 aliphatic heterocycles. The van der Waals surface area contributed by atoms with E-state index >= 15 is 0 Å². The second-order valence-electron chi connectivity index (χ2n) is 7.38. The number of hydrogen-bond donors (Lipinski definition) is 1. The number of rotatable bonds is 3. The van der Waals surface area contributed by atoms with Gasteiger partial charge in [0.15, 0.2) is 5.69 Å². The molecule has 1 aromatic heterocycles. The van der Waals surface area contributed by atoms with E-state index in [4.69, 9.17) is 0 Å². The summed E-state index contributed by atoms with van der Waals surface area (Å²) in [6, 6.07) is 10.7. The lowest BCUT2D eigenvalue weighted by atomic mass is 10.0. The maximum atomic E-state index is 13.4. The van der Waals surface area contributed by atoms with E-state index in [0.717, 1.165) is 43.9 Å². The van der Waals surface area contributed by atoms with Gasteiger partial charge in [0.1, 0.15) is 0 Å². The van der Waals surface area contributed by atoms with Crippen LogP contribution in [0.2, 0.25) is 0 Å². The summed E-state index contributed by atoms with van der Waals surface area (Å²) in [6.45, 7) is 6.91. The molecule has 1 amide bonds. The van der Waals surface area contributed by atoms with E-state index in [9.17, 15) is 4.79 Å². The minimum absolute atomic E-state index is 0. The second kappa shape index (κ2) is 9.29. The molecule has 2 unspecified atom stereocenters. The van der Waals surface area contributed by atoms with Crippen molar-refractivity contribution in [3.05, 3.63) is 47.3 Å². The first-order valence-corrected chi connectivity index (χ1v) is 10.8. The summed E-state index contributed by atoms with van der Waals surface area (Å²) in [7, 11) is 0. The van der Waals surface area contributed by atoms with E-state index in [1.807, 2.05) is 46.5 Å². The minimum Gasteiger partial charge on any atom is -0.328 e. The highest BCUT2D eigenvalue weighted by Gasteiger charge is 2.36. The van der Waals surface area contributed by atoms with E-state index in [1.165, 1.54) is 5.56 Å². The number of halogens is 1. The number of carbonyl (C=O) groups is 1. The molecule has 3 heterocycles. The summed E-state index contributed by atoms with van der Waals surface area (Å²) in [5, 5.41) is 12.4. The standard InChI is InChI=1S/C20H27N5OS.ClH/c1-14-18(22-23-25(14)17-8-10-21-11-9-17)20(26)24-12-13-27-15(2)19(24)16-6-4-3-5-7-16;/h3-7,15,17,19,21H,8-13H2,1-2H3;1H. The smallest absolute Gasteiger partial charge is 0.276 e. The molecule has 0 radical (unpaired) electrons. The number of benzene rings is 1. The summed E-state index contributed by atoms with van der Waals surface area (Å²) in [5.41, 5.74) is 2.59. The zero-order valence-corrected chi connectivity index (χ0v) is 18.0. The number of carbonyl (C=O) groups excluding carboxylic acids is 1. The molecular weight excluding hydrogens is 394 g/mol. The van der Waals surface area contributed by atoms with Gasteiger partial charge >= 0.3 is 0 Å². The fourth-order valence-corrected chi connectivity index (χ4v) is 5.38. The lowest BCUT2D eigenvalue weighted by molar-refractivity contribution is 0.0674. The van der Waals surface area contributed by atoms with Crippen LogP contribution < -0.4 is 5.32 Å². The average molecular weight is 422 g/mol. The van der Waals surface area contributed by atoms with Crippen LogP contribution in [0.5, 0.6) is 0 Å². The van der Waals surface area contributed by atoms with Crippen LogP contribution in [0.4, 0.5) is 0 Å². The topological polar surface area (TPSA) is 63.1 Å². The van der Waals surface area contributed by atoms with E-state index in [0.29, 0.717) is 17.0 Å². The molecule has 2 fully saturated rings. The van der Waals surface area contributed by atoms with Gasteiger partial charge in [-0.15, -0.1) is 17.5 Å². The quantitative estimate of drug-likeness (QED) is 0.824. The maximum absolute atomic E-state index is 13.4. The number of piperidine rings is 1. The highest BCUT2D eigenvalue weighted by Crippen LogP contribution is 2.37. The van der Waals surface area contributed by atoms with Crippen molar-refractivity contribution >= 4 is 30.1 Å². The first kappa shape index (κ1) is 21.1. The van der Waals surface area contributed by atoms with Crippen LogP contribution in [0, 0.1) is 6.92 Å². The Labute approximate surface area is 176 Å². The summed E-state index contributed by atoms with van der Waals surface area (Å²) in [5.74, 6) is 0.964. The Kier molecular flexibility index (Phi) is 7.01. The number of amides is 1. The highest BCUT2D eigenvalue weighted by atomic mass is 35.5. The molecule has 1 N–H and O–H groups in total. The van der Waals surface area contributed by atoms with E-state index in [-0.39, 0.29) is 24.4 Å². The molecule has 28 heavy (non-hydrogen) atoms.